The Morgan fingerprint density at radius 1 is 1.23 bits per heavy atom. The fourth-order valence-electron chi connectivity index (χ4n) is 2.91. The Balaban J connectivity index is 0.00000243. The predicted molar refractivity (Wildman–Crippen MR) is 102 cm³/mol. The van der Waals surface area contributed by atoms with Gasteiger partial charge in [0, 0.05) is 12.5 Å². The van der Waals surface area contributed by atoms with Crippen LogP contribution in [-0.2, 0) is 0 Å². The van der Waals surface area contributed by atoms with Crippen molar-refractivity contribution >= 4 is 41.4 Å². The second-order valence-corrected chi connectivity index (χ2v) is 6.57. The van der Waals surface area contributed by atoms with Crippen molar-refractivity contribution in [3.05, 3.63) is 27.4 Å². The van der Waals surface area contributed by atoms with Crippen LogP contribution in [0, 0.1) is 11.3 Å². The highest BCUT2D eigenvalue weighted by Crippen LogP contribution is 2.45. The number of nitriles is 1. The second kappa shape index (κ2) is 8.14. The highest BCUT2D eigenvalue weighted by Gasteiger charge is 2.26. The lowest BCUT2D eigenvalue weighted by Crippen LogP contribution is -2.29. The normalized spacial score (nSPS) is 16.6. The molecule has 3 rings (SSSR count). The zero-order chi connectivity index (χ0) is 18.1. The van der Waals surface area contributed by atoms with Gasteiger partial charge in [-0.15, -0.1) is 12.4 Å². The van der Waals surface area contributed by atoms with E-state index in [1.807, 2.05) is 6.07 Å². The molecule has 0 aliphatic carbocycles. The topological polar surface area (TPSA) is 128 Å². The Morgan fingerprint density at radius 2 is 1.88 bits per heavy atom. The number of aromatic hydroxyl groups is 2. The van der Waals surface area contributed by atoms with Crippen LogP contribution in [0.2, 0.25) is 10.0 Å². The number of aromatic nitrogens is 2. The Bertz CT molecular complexity index is 853. The van der Waals surface area contributed by atoms with Gasteiger partial charge in [0.05, 0.1) is 15.7 Å². The van der Waals surface area contributed by atoms with Gasteiger partial charge in [-0.3, -0.25) is 0 Å². The van der Waals surface area contributed by atoms with Crippen LogP contribution in [0.25, 0.3) is 11.4 Å². The lowest BCUT2D eigenvalue weighted by atomic mass is 9.93. The zero-order valence-corrected chi connectivity index (χ0v) is 15.8. The molecule has 1 unspecified atom stereocenters. The van der Waals surface area contributed by atoms with Crippen molar-refractivity contribution in [2.45, 2.75) is 18.8 Å². The largest absolute Gasteiger partial charge is 0.505 e. The van der Waals surface area contributed by atoms with Crippen LogP contribution in [0.3, 0.4) is 0 Å². The van der Waals surface area contributed by atoms with Crippen LogP contribution in [0.4, 0.5) is 5.82 Å². The number of phenolic OH excluding ortho intramolecular Hbond substituents is 2. The molecule has 2 aromatic rings. The van der Waals surface area contributed by atoms with Crippen LogP contribution in [0.1, 0.15) is 30.0 Å². The lowest BCUT2D eigenvalue weighted by molar-refractivity contribution is 0.450. The first kappa shape index (κ1) is 20.3. The molecule has 1 aliphatic rings. The second-order valence-electron chi connectivity index (χ2n) is 5.76. The van der Waals surface area contributed by atoms with Crippen molar-refractivity contribution in [3.63, 3.8) is 0 Å². The van der Waals surface area contributed by atoms with Gasteiger partial charge in [0.2, 0.25) is 0 Å². The summed E-state index contributed by atoms with van der Waals surface area (Å²) in [6.45, 7) is 1.55. The van der Waals surface area contributed by atoms with Gasteiger partial charge in [-0.1, -0.05) is 23.2 Å². The standard InChI is InChI=1S/C16H15Cl2N5O2.ClH/c17-9-4-10(18)14(25)11(13(9)24)16-22-12(7-2-1-3-21-6-7)8(5-19)15(20)23-16;/h4,7,21,24-25H,1-3,6H2,(H2,20,22,23);1H. The zero-order valence-electron chi connectivity index (χ0n) is 13.5. The number of nitrogens with two attached hydrogens (primary N) is 1. The van der Waals surface area contributed by atoms with Gasteiger partial charge in [-0.2, -0.15) is 5.26 Å². The third-order valence-electron chi connectivity index (χ3n) is 4.16. The third kappa shape index (κ3) is 3.60. The van der Waals surface area contributed by atoms with Crippen molar-refractivity contribution in [1.82, 2.24) is 15.3 Å². The lowest BCUT2D eigenvalue weighted by Gasteiger charge is -2.23. The Hall–Kier alpha value is -1.98. The molecule has 0 saturated carbocycles. The van der Waals surface area contributed by atoms with Gasteiger partial charge in [0.15, 0.2) is 5.82 Å². The molecule has 0 amide bonds. The molecule has 1 atom stereocenters. The Morgan fingerprint density at radius 3 is 2.42 bits per heavy atom. The summed E-state index contributed by atoms with van der Waals surface area (Å²) < 4.78 is 0. The monoisotopic (exact) mass is 415 g/mol. The van der Waals surface area contributed by atoms with Crippen molar-refractivity contribution in [2.75, 3.05) is 18.8 Å². The summed E-state index contributed by atoms with van der Waals surface area (Å²) in [6.07, 6.45) is 1.78. The minimum atomic E-state index is -0.402. The van der Waals surface area contributed by atoms with E-state index in [9.17, 15) is 15.5 Å². The minimum Gasteiger partial charge on any atom is -0.505 e. The first-order valence-corrected chi connectivity index (χ1v) is 8.38. The number of piperidine rings is 1. The van der Waals surface area contributed by atoms with Crippen LogP contribution >= 0.6 is 35.6 Å². The molecule has 1 aromatic heterocycles. The quantitative estimate of drug-likeness (QED) is 0.591. The highest BCUT2D eigenvalue weighted by atomic mass is 35.5. The Kier molecular flexibility index (Phi) is 6.37. The number of benzene rings is 1. The molecule has 1 aliphatic heterocycles. The van der Waals surface area contributed by atoms with Gasteiger partial charge >= 0.3 is 0 Å². The summed E-state index contributed by atoms with van der Waals surface area (Å²) in [6, 6.07) is 3.26. The molecule has 10 heteroatoms. The van der Waals surface area contributed by atoms with Crippen molar-refractivity contribution in [1.29, 1.82) is 5.26 Å². The van der Waals surface area contributed by atoms with Crippen LogP contribution in [0.5, 0.6) is 11.5 Å². The fraction of sp³-hybridized carbons (Fsp3) is 0.312. The number of phenols is 2. The van der Waals surface area contributed by atoms with Crippen LogP contribution in [-0.4, -0.2) is 33.3 Å². The van der Waals surface area contributed by atoms with E-state index in [1.54, 1.807) is 0 Å². The van der Waals surface area contributed by atoms with E-state index in [0.29, 0.717) is 12.2 Å². The summed E-state index contributed by atoms with van der Waals surface area (Å²) in [7, 11) is 0. The first-order chi connectivity index (χ1) is 11.9. The van der Waals surface area contributed by atoms with Gasteiger partial charge in [-0.05, 0) is 25.5 Å². The van der Waals surface area contributed by atoms with E-state index in [4.69, 9.17) is 28.9 Å². The molecular formula is C16H16Cl3N5O2. The van der Waals surface area contributed by atoms with Gasteiger partial charge < -0.3 is 21.3 Å². The summed E-state index contributed by atoms with van der Waals surface area (Å²) in [5.41, 5.74) is 6.49. The van der Waals surface area contributed by atoms with Gasteiger partial charge in [-0.25, -0.2) is 9.97 Å². The Labute approximate surface area is 166 Å². The van der Waals surface area contributed by atoms with Crippen molar-refractivity contribution in [2.24, 2.45) is 0 Å². The average molecular weight is 417 g/mol. The van der Waals surface area contributed by atoms with E-state index in [0.717, 1.165) is 19.4 Å². The first-order valence-electron chi connectivity index (χ1n) is 7.62. The van der Waals surface area contributed by atoms with E-state index in [1.165, 1.54) is 6.07 Å². The molecule has 0 bridgehead atoms. The number of hydrogen-bond donors (Lipinski definition) is 4. The van der Waals surface area contributed by atoms with Crippen molar-refractivity contribution < 1.29 is 10.2 Å². The molecule has 138 valence electrons. The molecule has 1 fully saturated rings. The summed E-state index contributed by atoms with van der Waals surface area (Å²) >= 11 is 11.9. The van der Waals surface area contributed by atoms with Crippen LogP contribution in [0.15, 0.2) is 6.07 Å². The molecular weight excluding hydrogens is 401 g/mol. The number of anilines is 1. The average Bonchev–Trinajstić information content (AvgIpc) is 2.60. The minimum absolute atomic E-state index is 0. The van der Waals surface area contributed by atoms with Gasteiger partial charge in [0.1, 0.15) is 34.5 Å². The number of halogens is 3. The van der Waals surface area contributed by atoms with Crippen molar-refractivity contribution in [3.8, 4) is 29.0 Å². The molecule has 0 spiro atoms. The van der Waals surface area contributed by atoms with E-state index in [-0.39, 0.29) is 51.1 Å². The SMILES string of the molecule is Cl.N#Cc1c(N)nc(-c2c(O)c(Cl)cc(Cl)c2O)nc1C1CCCNC1. The number of nitrogens with zero attached hydrogens (tertiary/aromatic N) is 3. The number of nitrogen functional groups attached to an aromatic ring is 1. The number of rotatable bonds is 2. The summed E-state index contributed by atoms with van der Waals surface area (Å²) in [4.78, 5) is 8.47. The smallest absolute Gasteiger partial charge is 0.169 e. The summed E-state index contributed by atoms with van der Waals surface area (Å²) in [5.74, 6) is -0.883. The van der Waals surface area contributed by atoms with E-state index < -0.39 is 11.5 Å². The van der Waals surface area contributed by atoms with E-state index >= 15 is 0 Å². The maximum absolute atomic E-state index is 10.2. The maximum Gasteiger partial charge on any atom is 0.169 e. The summed E-state index contributed by atoms with van der Waals surface area (Å²) in [5, 5.41) is 33.0. The maximum atomic E-state index is 10.2. The third-order valence-corrected chi connectivity index (χ3v) is 4.74. The molecule has 1 saturated heterocycles. The predicted octanol–water partition coefficient (Wildman–Crippen LogP) is 3.20. The fourth-order valence-corrected chi connectivity index (χ4v) is 3.38. The van der Waals surface area contributed by atoms with Gasteiger partial charge in [0.25, 0.3) is 0 Å². The number of nitrogens with one attached hydrogen (secondary N) is 1. The molecule has 5 N–H and O–H groups in total. The molecule has 1 aromatic carbocycles. The number of hydrogen-bond acceptors (Lipinski definition) is 7. The molecule has 2 heterocycles. The molecule has 7 nitrogen and oxygen atoms in total. The molecule has 0 radical (unpaired) electrons. The highest BCUT2D eigenvalue weighted by molar-refractivity contribution is 6.37. The van der Waals surface area contributed by atoms with E-state index in [2.05, 4.69) is 15.3 Å². The van der Waals surface area contributed by atoms with Crippen LogP contribution < -0.4 is 11.1 Å². The molecule has 26 heavy (non-hydrogen) atoms.